The Hall–Kier alpha value is -3.25. The molecule has 22 heavy (non-hydrogen) atoms. The molecular weight excluding hydrogens is 274 g/mol. The van der Waals surface area contributed by atoms with Crippen molar-refractivity contribution in [3.8, 4) is 17.6 Å². The molecule has 0 aromatic heterocycles. The molecule has 0 heterocycles. The summed E-state index contributed by atoms with van der Waals surface area (Å²) in [6.45, 7) is 0. The Morgan fingerprint density at radius 1 is 0.864 bits per heavy atom. The highest BCUT2D eigenvalue weighted by molar-refractivity contribution is 5.92. The van der Waals surface area contributed by atoms with Gasteiger partial charge in [-0.1, -0.05) is 36.4 Å². The molecule has 0 bridgehead atoms. The van der Waals surface area contributed by atoms with Crippen LogP contribution >= 0.6 is 0 Å². The Morgan fingerprint density at radius 2 is 1.64 bits per heavy atom. The fraction of sp³-hybridized carbons (Fsp3) is 0. The molecule has 3 heteroatoms. The molecule has 0 unspecified atom stereocenters. The van der Waals surface area contributed by atoms with E-state index in [1.165, 1.54) is 12.1 Å². The van der Waals surface area contributed by atoms with Crippen LogP contribution in [0.1, 0.15) is 11.1 Å². The Bertz CT molecular complexity index is 920. The third-order valence-corrected chi connectivity index (χ3v) is 3.49. The number of hydrogen-bond acceptors (Lipinski definition) is 3. The van der Waals surface area contributed by atoms with Gasteiger partial charge in [-0.2, -0.15) is 5.26 Å². The first-order valence-corrected chi connectivity index (χ1v) is 6.80. The molecule has 0 amide bonds. The van der Waals surface area contributed by atoms with Gasteiger partial charge in [0, 0.05) is 0 Å². The SMILES string of the molecule is N#C/C(=C\c1ccc2ccccc2c1)c1ccc(O)c(O)c1. The van der Waals surface area contributed by atoms with Gasteiger partial charge in [-0.25, -0.2) is 0 Å². The molecule has 3 aromatic rings. The Balaban J connectivity index is 2.06. The summed E-state index contributed by atoms with van der Waals surface area (Å²) in [5.74, 6) is -0.441. The number of rotatable bonds is 2. The zero-order valence-electron chi connectivity index (χ0n) is 11.7. The van der Waals surface area contributed by atoms with Crippen molar-refractivity contribution < 1.29 is 10.2 Å². The van der Waals surface area contributed by atoms with Crippen molar-refractivity contribution in [1.82, 2.24) is 0 Å². The van der Waals surface area contributed by atoms with E-state index >= 15 is 0 Å². The molecule has 0 fully saturated rings. The van der Waals surface area contributed by atoms with Crippen LogP contribution in [-0.4, -0.2) is 10.2 Å². The fourth-order valence-corrected chi connectivity index (χ4v) is 2.34. The summed E-state index contributed by atoms with van der Waals surface area (Å²) >= 11 is 0. The van der Waals surface area contributed by atoms with Crippen LogP contribution in [0.3, 0.4) is 0 Å². The zero-order valence-corrected chi connectivity index (χ0v) is 11.7. The maximum absolute atomic E-state index is 9.57. The van der Waals surface area contributed by atoms with E-state index in [4.69, 9.17) is 0 Å². The van der Waals surface area contributed by atoms with Crippen molar-refractivity contribution in [2.24, 2.45) is 0 Å². The summed E-state index contributed by atoms with van der Waals surface area (Å²) in [7, 11) is 0. The quantitative estimate of drug-likeness (QED) is 0.419. The molecular formula is C19H13NO2. The number of nitrogens with zero attached hydrogens (tertiary/aromatic N) is 1. The van der Waals surface area contributed by atoms with Crippen LogP contribution in [0.15, 0.2) is 60.7 Å². The van der Waals surface area contributed by atoms with Crippen molar-refractivity contribution in [1.29, 1.82) is 5.26 Å². The maximum Gasteiger partial charge on any atom is 0.158 e. The normalized spacial score (nSPS) is 11.3. The number of nitriles is 1. The van der Waals surface area contributed by atoms with Gasteiger partial charge in [-0.15, -0.1) is 0 Å². The molecule has 0 atom stereocenters. The summed E-state index contributed by atoms with van der Waals surface area (Å²) in [5.41, 5.74) is 1.89. The highest BCUT2D eigenvalue weighted by atomic mass is 16.3. The first kappa shape index (κ1) is 13.7. The first-order valence-electron chi connectivity index (χ1n) is 6.80. The van der Waals surface area contributed by atoms with Crippen molar-refractivity contribution in [3.63, 3.8) is 0 Å². The number of aromatic hydroxyl groups is 2. The lowest BCUT2D eigenvalue weighted by molar-refractivity contribution is 0.403. The van der Waals surface area contributed by atoms with Gasteiger partial charge in [-0.3, -0.25) is 0 Å². The van der Waals surface area contributed by atoms with Crippen LogP contribution in [0.4, 0.5) is 0 Å². The van der Waals surface area contributed by atoms with Crippen molar-refractivity contribution in [3.05, 3.63) is 71.8 Å². The zero-order chi connectivity index (χ0) is 15.5. The lowest BCUT2D eigenvalue weighted by atomic mass is 10.0. The van der Waals surface area contributed by atoms with E-state index in [0.29, 0.717) is 11.1 Å². The number of benzene rings is 3. The average Bonchev–Trinajstić information content (AvgIpc) is 2.55. The second kappa shape index (κ2) is 5.63. The summed E-state index contributed by atoms with van der Waals surface area (Å²) in [5, 5.41) is 30.5. The fourth-order valence-electron chi connectivity index (χ4n) is 2.34. The predicted molar refractivity (Wildman–Crippen MR) is 87.2 cm³/mol. The molecule has 3 rings (SSSR count). The van der Waals surface area contributed by atoms with Gasteiger partial charge in [0.1, 0.15) is 0 Å². The second-order valence-corrected chi connectivity index (χ2v) is 4.98. The van der Waals surface area contributed by atoms with E-state index in [-0.39, 0.29) is 11.5 Å². The van der Waals surface area contributed by atoms with E-state index in [2.05, 4.69) is 6.07 Å². The van der Waals surface area contributed by atoms with Gasteiger partial charge in [0.05, 0.1) is 11.6 Å². The largest absolute Gasteiger partial charge is 0.504 e. The van der Waals surface area contributed by atoms with Crippen molar-refractivity contribution >= 4 is 22.4 Å². The molecule has 0 aliphatic rings. The number of phenolic OH excluding ortho intramolecular Hbond substituents is 2. The molecule has 0 aliphatic heterocycles. The minimum atomic E-state index is -0.239. The van der Waals surface area contributed by atoms with Gasteiger partial charge in [0.15, 0.2) is 11.5 Å². The van der Waals surface area contributed by atoms with Gasteiger partial charge in [-0.05, 0) is 52.2 Å². The average molecular weight is 287 g/mol. The molecule has 3 aromatic carbocycles. The minimum Gasteiger partial charge on any atom is -0.504 e. The number of allylic oxidation sites excluding steroid dienone is 1. The summed E-state index contributed by atoms with van der Waals surface area (Å²) in [4.78, 5) is 0. The second-order valence-electron chi connectivity index (χ2n) is 4.98. The van der Waals surface area contributed by atoms with Gasteiger partial charge in [0.2, 0.25) is 0 Å². The standard InChI is InChI=1S/C19H13NO2/c20-12-17(16-7-8-18(21)19(22)11-16)10-13-5-6-14-3-1-2-4-15(14)9-13/h1-11,21-22H/b17-10+. The molecule has 106 valence electrons. The Labute approximate surface area is 128 Å². The van der Waals surface area contributed by atoms with E-state index in [0.717, 1.165) is 16.3 Å². The van der Waals surface area contributed by atoms with Crippen LogP contribution in [0.5, 0.6) is 11.5 Å². The summed E-state index contributed by atoms with van der Waals surface area (Å²) in [6, 6.07) is 20.4. The molecule has 3 nitrogen and oxygen atoms in total. The van der Waals surface area contributed by atoms with E-state index in [9.17, 15) is 15.5 Å². The number of hydrogen-bond donors (Lipinski definition) is 2. The number of phenols is 2. The topological polar surface area (TPSA) is 64.2 Å². The Kier molecular flexibility index (Phi) is 3.51. The lowest BCUT2D eigenvalue weighted by Crippen LogP contribution is -1.83. The molecule has 0 saturated heterocycles. The van der Waals surface area contributed by atoms with E-state index in [1.807, 2.05) is 42.5 Å². The number of fused-ring (bicyclic) bond motifs is 1. The molecule has 2 N–H and O–H groups in total. The van der Waals surface area contributed by atoms with E-state index in [1.54, 1.807) is 12.1 Å². The van der Waals surface area contributed by atoms with Crippen molar-refractivity contribution in [2.75, 3.05) is 0 Å². The van der Waals surface area contributed by atoms with Crippen LogP contribution in [0.2, 0.25) is 0 Å². The van der Waals surface area contributed by atoms with Crippen LogP contribution < -0.4 is 0 Å². The van der Waals surface area contributed by atoms with Crippen LogP contribution in [0.25, 0.3) is 22.4 Å². The minimum absolute atomic E-state index is 0.202. The summed E-state index contributed by atoms with van der Waals surface area (Å²) in [6.07, 6.45) is 1.76. The molecule has 0 aliphatic carbocycles. The van der Waals surface area contributed by atoms with Gasteiger partial charge in [0.25, 0.3) is 0 Å². The van der Waals surface area contributed by atoms with Gasteiger partial charge < -0.3 is 10.2 Å². The first-order chi connectivity index (χ1) is 10.7. The molecule has 0 radical (unpaired) electrons. The maximum atomic E-state index is 9.57. The smallest absolute Gasteiger partial charge is 0.158 e. The highest BCUT2D eigenvalue weighted by Gasteiger charge is 2.06. The molecule has 0 spiro atoms. The third kappa shape index (κ3) is 2.63. The molecule has 0 saturated carbocycles. The Morgan fingerprint density at radius 3 is 2.36 bits per heavy atom. The van der Waals surface area contributed by atoms with E-state index < -0.39 is 0 Å². The van der Waals surface area contributed by atoms with Gasteiger partial charge >= 0.3 is 0 Å². The lowest BCUT2D eigenvalue weighted by Gasteiger charge is -2.04. The highest BCUT2D eigenvalue weighted by Crippen LogP contribution is 2.29. The van der Waals surface area contributed by atoms with Crippen LogP contribution in [0, 0.1) is 11.3 Å². The monoisotopic (exact) mass is 287 g/mol. The third-order valence-electron chi connectivity index (χ3n) is 3.49. The predicted octanol–water partition coefficient (Wildman–Crippen LogP) is 4.32. The van der Waals surface area contributed by atoms with Crippen molar-refractivity contribution in [2.45, 2.75) is 0 Å². The summed E-state index contributed by atoms with van der Waals surface area (Å²) < 4.78 is 0. The van der Waals surface area contributed by atoms with Crippen LogP contribution in [-0.2, 0) is 0 Å².